The van der Waals surface area contributed by atoms with E-state index in [0.29, 0.717) is 13.1 Å². The lowest BCUT2D eigenvalue weighted by Crippen LogP contribution is -2.36. The minimum Gasteiger partial charge on any atom is -0.355 e. The molecule has 0 fully saturated rings. The fourth-order valence-corrected chi connectivity index (χ4v) is 1.72. The van der Waals surface area contributed by atoms with Crippen molar-refractivity contribution in [2.75, 3.05) is 13.1 Å². The van der Waals surface area contributed by atoms with Gasteiger partial charge in [0.05, 0.1) is 6.42 Å². The Morgan fingerprint density at radius 2 is 2.05 bits per heavy atom. The molecule has 0 saturated heterocycles. The van der Waals surface area contributed by atoms with Crippen LogP contribution in [0.2, 0.25) is 0 Å². The molecule has 19 heavy (non-hydrogen) atoms. The summed E-state index contributed by atoms with van der Waals surface area (Å²) < 4.78 is 26.1. The van der Waals surface area contributed by atoms with Crippen molar-refractivity contribution in [3.63, 3.8) is 0 Å². The number of hydrogen-bond acceptors (Lipinski definition) is 2. The minimum atomic E-state index is -0.698. The average Bonchev–Trinajstić information content (AvgIpc) is 2.30. The van der Waals surface area contributed by atoms with Crippen LogP contribution in [-0.2, 0) is 11.2 Å². The number of carbonyl (C=O) groups is 1. The SMILES string of the molecule is CC(C)(CCN)CNC(=O)Cc1ccc(F)cc1F. The van der Waals surface area contributed by atoms with Gasteiger partial charge in [0.25, 0.3) is 0 Å². The van der Waals surface area contributed by atoms with Gasteiger partial charge in [-0.3, -0.25) is 4.79 Å². The topological polar surface area (TPSA) is 55.1 Å². The number of halogens is 2. The smallest absolute Gasteiger partial charge is 0.224 e. The second-order valence-corrected chi connectivity index (χ2v) is 5.39. The number of carbonyl (C=O) groups excluding carboxylic acids is 1. The minimum absolute atomic E-state index is 0.0915. The summed E-state index contributed by atoms with van der Waals surface area (Å²) in [5.74, 6) is -1.63. The Hall–Kier alpha value is -1.49. The van der Waals surface area contributed by atoms with Gasteiger partial charge < -0.3 is 11.1 Å². The third-order valence-electron chi connectivity index (χ3n) is 2.95. The lowest BCUT2D eigenvalue weighted by atomic mass is 9.89. The summed E-state index contributed by atoms with van der Waals surface area (Å²) in [7, 11) is 0. The molecule has 0 aliphatic carbocycles. The molecule has 3 nitrogen and oxygen atoms in total. The molecule has 106 valence electrons. The lowest BCUT2D eigenvalue weighted by molar-refractivity contribution is -0.120. The van der Waals surface area contributed by atoms with E-state index in [1.165, 1.54) is 6.07 Å². The first-order valence-electron chi connectivity index (χ1n) is 6.25. The molecule has 0 unspecified atom stereocenters. The Bertz CT molecular complexity index is 447. The molecule has 5 heteroatoms. The van der Waals surface area contributed by atoms with Crippen LogP contribution in [0.5, 0.6) is 0 Å². The summed E-state index contributed by atoms with van der Waals surface area (Å²) >= 11 is 0. The molecule has 0 aliphatic heterocycles. The maximum absolute atomic E-state index is 13.4. The Morgan fingerprint density at radius 3 is 2.63 bits per heavy atom. The molecule has 0 aromatic heterocycles. The summed E-state index contributed by atoms with van der Waals surface area (Å²) in [5.41, 5.74) is 5.58. The number of rotatable bonds is 6. The molecule has 0 aliphatic rings. The molecular formula is C14H20F2N2O. The molecule has 1 aromatic rings. The van der Waals surface area contributed by atoms with Crippen LogP contribution in [0.4, 0.5) is 8.78 Å². The van der Waals surface area contributed by atoms with Gasteiger partial charge in [0.2, 0.25) is 5.91 Å². The summed E-state index contributed by atoms with van der Waals surface area (Å²) in [4.78, 5) is 11.7. The number of nitrogens with one attached hydrogen (secondary N) is 1. The highest BCUT2D eigenvalue weighted by atomic mass is 19.1. The fourth-order valence-electron chi connectivity index (χ4n) is 1.72. The average molecular weight is 270 g/mol. The van der Waals surface area contributed by atoms with Crippen molar-refractivity contribution < 1.29 is 13.6 Å². The number of amides is 1. The van der Waals surface area contributed by atoms with Crippen LogP contribution in [0.25, 0.3) is 0 Å². The Kier molecular flexibility index (Phi) is 5.42. The van der Waals surface area contributed by atoms with E-state index in [0.717, 1.165) is 18.6 Å². The Labute approximate surface area is 112 Å². The maximum atomic E-state index is 13.4. The molecule has 0 radical (unpaired) electrons. The van der Waals surface area contributed by atoms with Crippen molar-refractivity contribution in [2.45, 2.75) is 26.7 Å². The van der Waals surface area contributed by atoms with E-state index in [1.54, 1.807) is 0 Å². The first kappa shape index (κ1) is 15.6. The number of nitrogens with two attached hydrogens (primary N) is 1. The molecule has 0 atom stereocenters. The van der Waals surface area contributed by atoms with Crippen LogP contribution in [-0.4, -0.2) is 19.0 Å². The molecule has 3 N–H and O–H groups in total. The largest absolute Gasteiger partial charge is 0.355 e. The second kappa shape index (κ2) is 6.61. The first-order valence-corrected chi connectivity index (χ1v) is 6.25. The predicted octanol–water partition coefficient (Wildman–Crippen LogP) is 2.00. The molecule has 1 rings (SSSR count). The fraction of sp³-hybridized carbons (Fsp3) is 0.500. The van der Waals surface area contributed by atoms with Crippen LogP contribution in [0.3, 0.4) is 0 Å². The normalized spacial score (nSPS) is 11.4. The van der Waals surface area contributed by atoms with E-state index in [-0.39, 0.29) is 23.3 Å². The van der Waals surface area contributed by atoms with E-state index in [2.05, 4.69) is 5.32 Å². The van der Waals surface area contributed by atoms with Crippen LogP contribution in [0.1, 0.15) is 25.8 Å². The van der Waals surface area contributed by atoms with Crippen molar-refractivity contribution >= 4 is 5.91 Å². The van der Waals surface area contributed by atoms with Crippen molar-refractivity contribution in [2.24, 2.45) is 11.1 Å². The van der Waals surface area contributed by atoms with Crippen LogP contribution in [0.15, 0.2) is 18.2 Å². The molecule has 1 aromatic carbocycles. The number of benzene rings is 1. The van der Waals surface area contributed by atoms with E-state index in [1.807, 2.05) is 13.8 Å². The molecule has 0 heterocycles. The molecule has 0 bridgehead atoms. The highest BCUT2D eigenvalue weighted by Crippen LogP contribution is 2.17. The highest BCUT2D eigenvalue weighted by molar-refractivity contribution is 5.78. The monoisotopic (exact) mass is 270 g/mol. The zero-order valence-electron chi connectivity index (χ0n) is 11.3. The predicted molar refractivity (Wildman–Crippen MR) is 70.5 cm³/mol. The third kappa shape index (κ3) is 5.34. The maximum Gasteiger partial charge on any atom is 0.224 e. The van der Waals surface area contributed by atoms with Gasteiger partial charge in [-0.1, -0.05) is 19.9 Å². The summed E-state index contributed by atoms with van der Waals surface area (Å²) in [6.45, 7) is 5.03. The first-order chi connectivity index (χ1) is 8.84. The number of hydrogen-bond donors (Lipinski definition) is 2. The van der Waals surface area contributed by atoms with Crippen molar-refractivity contribution in [3.8, 4) is 0 Å². The highest BCUT2D eigenvalue weighted by Gasteiger charge is 2.18. The standard InChI is InChI=1S/C14H20F2N2O/c1-14(2,5-6-17)9-18-13(19)7-10-3-4-11(15)8-12(10)16/h3-4,8H,5-7,9,17H2,1-2H3,(H,18,19). The van der Waals surface area contributed by atoms with Gasteiger partial charge in [0.1, 0.15) is 11.6 Å². The molecule has 0 saturated carbocycles. The van der Waals surface area contributed by atoms with E-state index >= 15 is 0 Å². The van der Waals surface area contributed by atoms with Crippen LogP contribution < -0.4 is 11.1 Å². The van der Waals surface area contributed by atoms with Crippen molar-refractivity contribution in [3.05, 3.63) is 35.4 Å². The third-order valence-corrected chi connectivity index (χ3v) is 2.95. The summed E-state index contributed by atoms with van der Waals surface area (Å²) in [6, 6.07) is 3.21. The van der Waals surface area contributed by atoms with Gasteiger partial charge in [-0.15, -0.1) is 0 Å². The summed E-state index contributed by atoms with van der Waals surface area (Å²) in [5, 5.41) is 2.74. The van der Waals surface area contributed by atoms with E-state index in [9.17, 15) is 13.6 Å². The van der Waals surface area contributed by atoms with E-state index < -0.39 is 11.6 Å². The zero-order chi connectivity index (χ0) is 14.5. The van der Waals surface area contributed by atoms with Crippen LogP contribution >= 0.6 is 0 Å². The molecule has 0 spiro atoms. The van der Waals surface area contributed by atoms with Crippen LogP contribution in [0, 0.1) is 17.0 Å². The van der Waals surface area contributed by atoms with Gasteiger partial charge in [0.15, 0.2) is 0 Å². The van der Waals surface area contributed by atoms with E-state index in [4.69, 9.17) is 5.73 Å². The molecule has 1 amide bonds. The quantitative estimate of drug-likeness (QED) is 0.830. The Balaban J connectivity index is 2.52. The van der Waals surface area contributed by atoms with Gasteiger partial charge >= 0.3 is 0 Å². The Morgan fingerprint density at radius 1 is 1.37 bits per heavy atom. The molecular weight excluding hydrogens is 250 g/mol. The van der Waals surface area contributed by atoms with Gasteiger partial charge in [-0.2, -0.15) is 0 Å². The zero-order valence-corrected chi connectivity index (χ0v) is 11.3. The van der Waals surface area contributed by atoms with Gasteiger partial charge in [0, 0.05) is 12.6 Å². The van der Waals surface area contributed by atoms with Gasteiger partial charge in [-0.25, -0.2) is 8.78 Å². The summed E-state index contributed by atoms with van der Waals surface area (Å²) in [6.07, 6.45) is 0.697. The van der Waals surface area contributed by atoms with Crippen molar-refractivity contribution in [1.29, 1.82) is 0 Å². The van der Waals surface area contributed by atoms with Crippen molar-refractivity contribution in [1.82, 2.24) is 5.32 Å². The van der Waals surface area contributed by atoms with Gasteiger partial charge in [-0.05, 0) is 30.0 Å². The lowest BCUT2D eigenvalue weighted by Gasteiger charge is -2.24. The second-order valence-electron chi connectivity index (χ2n) is 5.39.